The molecule has 2 aromatic heterocycles. The number of hydrazine groups is 1. The van der Waals surface area contributed by atoms with Gasteiger partial charge in [-0.1, -0.05) is 24.3 Å². The molecule has 0 saturated carbocycles. The molecule has 0 bridgehead atoms. The number of pyridine rings is 1. The Morgan fingerprint density at radius 1 is 1.21 bits per heavy atom. The molecule has 0 aliphatic rings. The number of nitrogens with zero attached hydrogens (tertiary/aromatic N) is 1. The Labute approximate surface area is 116 Å². The van der Waals surface area contributed by atoms with Gasteiger partial charge in [0.15, 0.2) is 0 Å². The van der Waals surface area contributed by atoms with Crippen molar-refractivity contribution in [2.24, 2.45) is 5.84 Å². The van der Waals surface area contributed by atoms with Gasteiger partial charge in [0.05, 0.1) is 11.7 Å². The predicted octanol–water partition coefficient (Wildman–Crippen LogP) is 3.04. The fourth-order valence-corrected chi connectivity index (χ4v) is 2.98. The van der Waals surface area contributed by atoms with E-state index in [2.05, 4.69) is 39.4 Å². The number of aromatic nitrogens is 1. The standard InChI is InChI=1S/C15H15N3S/c16-18-14(9-11-6-8-19-10-11)15-13-4-2-1-3-12(13)5-7-17-15/h1-8,10,14,18H,9,16H2. The molecule has 3 rings (SSSR count). The Bertz CT molecular complexity index is 659. The topological polar surface area (TPSA) is 50.9 Å². The molecule has 0 fully saturated rings. The van der Waals surface area contributed by atoms with Crippen LogP contribution in [0.15, 0.2) is 53.4 Å². The van der Waals surface area contributed by atoms with E-state index in [-0.39, 0.29) is 6.04 Å². The second-order valence-corrected chi connectivity index (χ2v) is 5.25. The van der Waals surface area contributed by atoms with Gasteiger partial charge < -0.3 is 0 Å². The Hall–Kier alpha value is -1.75. The molecular formula is C15H15N3S. The van der Waals surface area contributed by atoms with Gasteiger partial charge in [-0.2, -0.15) is 11.3 Å². The highest BCUT2D eigenvalue weighted by molar-refractivity contribution is 7.07. The first kappa shape index (κ1) is 12.3. The summed E-state index contributed by atoms with van der Waals surface area (Å²) in [5.41, 5.74) is 5.18. The summed E-state index contributed by atoms with van der Waals surface area (Å²) in [6, 6.07) is 12.4. The highest BCUT2D eigenvalue weighted by atomic mass is 32.1. The predicted molar refractivity (Wildman–Crippen MR) is 79.8 cm³/mol. The molecule has 0 amide bonds. The van der Waals surface area contributed by atoms with Gasteiger partial charge in [0.2, 0.25) is 0 Å². The summed E-state index contributed by atoms with van der Waals surface area (Å²) in [7, 11) is 0. The SMILES string of the molecule is NNC(Cc1ccsc1)c1nccc2ccccc12. The van der Waals surface area contributed by atoms with Crippen LogP contribution in [0.3, 0.4) is 0 Å². The second kappa shape index (κ2) is 5.48. The van der Waals surface area contributed by atoms with Crippen LogP contribution in [0.25, 0.3) is 10.8 Å². The lowest BCUT2D eigenvalue weighted by molar-refractivity contribution is 0.543. The van der Waals surface area contributed by atoms with Crippen molar-refractivity contribution >= 4 is 22.1 Å². The lowest BCUT2D eigenvalue weighted by atomic mass is 10.0. The Morgan fingerprint density at radius 2 is 2.11 bits per heavy atom. The first-order valence-corrected chi connectivity index (χ1v) is 7.13. The summed E-state index contributed by atoms with van der Waals surface area (Å²) in [4.78, 5) is 4.52. The Morgan fingerprint density at radius 3 is 2.89 bits per heavy atom. The maximum Gasteiger partial charge on any atom is 0.0679 e. The molecule has 3 nitrogen and oxygen atoms in total. The minimum atomic E-state index is 0.0284. The maximum atomic E-state index is 5.73. The van der Waals surface area contributed by atoms with Gasteiger partial charge in [-0.15, -0.1) is 0 Å². The van der Waals surface area contributed by atoms with E-state index in [0.717, 1.165) is 17.5 Å². The largest absolute Gasteiger partial charge is 0.271 e. The Kier molecular flexibility index (Phi) is 3.55. The van der Waals surface area contributed by atoms with Crippen LogP contribution in [0.4, 0.5) is 0 Å². The van der Waals surface area contributed by atoms with E-state index in [4.69, 9.17) is 5.84 Å². The van der Waals surface area contributed by atoms with Crippen LogP contribution in [0.1, 0.15) is 17.3 Å². The van der Waals surface area contributed by atoms with E-state index in [1.807, 2.05) is 24.4 Å². The molecule has 2 heterocycles. The molecule has 3 aromatic rings. The molecule has 0 aliphatic carbocycles. The van der Waals surface area contributed by atoms with Crippen LogP contribution in [0, 0.1) is 0 Å². The fourth-order valence-electron chi connectivity index (χ4n) is 2.30. The lowest BCUT2D eigenvalue weighted by Gasteiger charge is -2.16. The minimum absolute atomic E-state index is 0.0284. The summed E-state index contributed by atoms with van der Waals surface area (Å²) < 4.78 is 0. The van der Waals surface area contributed by atoms with Crippen LogP contribution < -0.4 is 11.3 Å². The van der Waals surface area contributed by atoms with E-state index in [1.54, 1.807) is 11.3 Å². The summed E-state index contributed by atoms with van der Waals surface area (Å²) in [5.74, 6) is 5.73. The molecule has 1 atom stereocenters. The summed E-state index contributed by atoms with van der Waals surface area (Å²) in [6.45, 7) is 0. The van der Waals surface area contributed by atoms with Crippen molar-refractivity contribution in [1.29, 1.82) is 0 Å². The molecule has 1 aromatic carbocycles. The number of hydrogen-bond donors (Lipinski definition) is 2. The average Bonchev–Trinajstić information content (AvgIpc) is 2.97. The Balaban J connectivity index is 2.01. The number of nitrogens with two attached hydrogens (primary N) is 1. The van der Waals surface area contributed by atoms with Crippen molar-refractivity contribution in [1.82, 2.24) is 10.4 Å². The second-order valence-electron chi connectivity index (χ2n) is 4.47. The number of thiophene rings is 1. The summed E-state index contributed by atoms with van der Waals surface area (Å²) in [6.07, 6.45) is 2.69. The summed E-state index contributed by atoms with van der Waals surface area (Å²) in [5, 5.41) is 6.58. The number of nitrogens with one attached hydrogen (secondary N) is 1. The van der Waals surface area contributed by atoms with Gasteiger partial charge in [-0.25, -0.2) is 0 Å². The van der Waals surface area contributed by atoms with E-state index in [9.17, 15) is 0 Å². The first-order chi connectivity index (χ1) is 9.38. The fraction of sp³-hybridized carbons (Fsp3) is 0.133. The van der Waals surface area contributed by atoms with Gasteiger partial charge in [-0.05, 0) is 40.3 Å². The van der Waals surface area contributed by atoms with Crippen molar-refractivity contribution in [3.8, 4) is 0 Å². The molecular weight excluding hydrogens is 254 g/mol. The molecule has 0 spiro atoms. The quantitative estimate of drug-likeness (QED) is 0.565. The molecule has 3 N–H and O–H groups in total. The number of benzene rings is 1. The van der Waals surface area contributed by atoms with Gasteiger partial charge in [0.25, 0.3) is 0 Å². The third kappa shape index (κ3) is 2.51. The van der Waals surface area contributed by atoms with Crippen molar-refractivity contribution in [2.75, 3.05) is 0 Å². The smallest absolute Gasteiger partial charge is 0.0679 e. The number of hydrogen-bond acceptors (Lipinski definition) is 4. The van der Waals surface area contributed by atoms with Crippen molar-refractivity contribution in [3.63, 3.8) is 0 Å². The van der Waals surface area contributed by atoms with Crippen LogP contribution in [0.2, 0.25) is 0 Å². The number of rotatable bonds is 4. The zero-order valence-electron chi connectivity index (χ0n) is 10.4. The third-order valence-electron chi connectivity index (χ3n) is 3.26. The number of fused-ring (bicyclic) bond motifs is 1. The van der Waals surface area contributed by atoms with Crippen LogP contribution in [0.5, 0.6) is 0 Å². The van der Waals surface area contributed by atoms with E-state index in [0.29, 0.717) is 0 Å². The minimum Gasteiger partial charge on any atom is -0.271 e. The molecule has 1 unspecified atom stereocenters. The molecule has 0 radical (unpaired) electrons. The van der Waals surface area contributed by atoms with E-state index < -0.39 is 0 Å². The van der Waals surface area contributed by atoms with Gasteiger partial charge >= 0.3 is 0 Å². The summed E-state index contributed by atoms with van der Waals surface area (Å²) >= 11 is 1.70. The van der Waals surface area contributed by atoms with Crippen molar-refractivity contribution in [3.05, 3.63) is 64.6 Å². The maximum absolute atomic E-state index is 5.73. The molecule has 19 heavy (non-hydrogen) atoms. The highest BCUT2D eigenvalue weighted by Crippen LogP contribution is 2.24. The normalized spacial score (nSPS) is 12.7. The molecule has 4 heteroatoms. The van der Waals surface area contributed by atoms with Gasteiger partial charge in [-0.3, -0.25) is 16.3 Å². The third-order valence-corrected chi connectivity index (χ3v) is 3.99. The zero-order valence-corrected chi connectivity index (χ0v) is 11.2. The highest BCUT2D eigenvalue weighted by Gasteiger charge is 2.15. The van der Waals surface area contributed by atoms with Crippen molar-refractivity contribution < 1.29 is 0 Å². The first-order valence-electron chi connectivity index (χ1n) is 6.19. The van der Waals surface area contributed by atoms with Gasteiger partial charge in [0, 0.05) is 11.6 Å². The molecule has 0 saturated heterocycles. The van der Waals surface area contributed by atoms with E-state index in [1.165, 1.54) is 10.9 Å². The van der Waals surface area contributed by atoms with Gasteiger partial charge in [0.1, 0.15) is 0 Å². The van der Waals surface area contributed by atoms with Crippen LogP contribution >= 0.6 is 11.3 Å². The average molecular weight is 269 g/mol. The lowest BCUT2D eigenvalue weighted by Crippen LogP contribution is -2.30. The zero-order chi connectivity index (χ0) is 13.1. The monoisotopic (exact) mass is 269 g/mol. The van der Waals surface area contributed by atoms with Crippen molar-refractivity contribution in [2.45, 2.75) is 12.5 Å². The van der Waals surface area contributed by atoms with Crippen LogP contribution in [-0.4, -0.2) is 4.98 Å². The molecule has 0 aliphatic heterocycles. The van der Waals surface area contributed by atoms with E-state index >= 15 is 0 Å². The molecule has 96 valence electrons. The van der Waals surface area contributed by atoms with Crippen LogP contribution in [-0.2, 0) is 6.42 Å².